The van der Waals surface area contributed by atoms with E-state index in [0.717, 1.165) is 32.5 Å². The van der Waals surface area contributed by atoms with E-state index < -0.39 is 11.8 Å². The molecule has 24 heavy (non-hydrogen) atoms. The minimum absolute atomic E-state index is 0.0319. The van der Waals surface area contributed by atoms with Crippen LogP contribution < -0.4 is 10.6 Å². The number of carbonyl (C=O) groups is 2. The van der Waals surface area contributed by atoms with Crippen LogP contribution in [0.1, 0.15) is 31.7 Å². The highest BCUT2D eigenvalue weighted by Gasteiger charge is 2.24. The van der Waals surface area contributed by atoms with Gasteiger partial charge in [0.2, 0.25) is 0 Å². The lowest BCUT2D eigenvalue weighted by Crippen LogP contribution is -2.51. The molecule has 1 aliphatic heterocycles. The molecule has 1 heterocycles. The highest BCUT2D eigenvalue weighted by atomic mass is 16.3. The standard InChI is InChI=1S/C18H27N3O3/c1-2-15(13-22)19-17(23)18(24)20-16-8-10-21(11-9-16)12-14-6-4-3-5-7-14/h3-7,15-16,22H,2,8-13H2,1H3,(H,19,23)(H,20,24). The summed E-state index contributed by atoms with van der Waals surface area (Å²) in [6.45, 7) is 4.40. The molecule has 1 aromatic rings. The molecule has 3 N–H and O–H groups in total. The summed E-state index contributed by atoms with van der Waals surface area (Å²) in [4.78, 5) is 26.1. The van der Waals surface area contributed by atoms with Crippen molar-refractivity contribution in [2.75, 3.05) is 19.7 Å². The molecule has 0 saturated carbocycles. The van der Waals surface area contributed by atoms with Crippen LogP contribution in [0.4, 0.5) is 0 Å². The van der Waals surface area contributed by atoms with Gasteiger partial charge in [0.25, 0.3) is 0 Å². The van der Waals surface area contributed by atoms with Crippen molar-refractivity contribution in [1.29, 1.82) is 0 Å². The van der Waals surface area contributed by atoms with Crippen LogP contribution in [0.2, 0.25) is 0 Å². The number of nitrogens with one attached hydrogen (secondary N) is 2. The van der Waals surface area contributed by atoms with E-state index in [1.165, 1.54) is 5.56 Å². The third-order valence-corrected chi connectivity index (χ3v) is 4.43. The Morgan fingerprint density at radius 2 is 1.88 bits per heavy atom. The summed E-state index contributed by atoms with van der Waals surface area (Å²) < 4.78 is 0. The smallest absolute Gasteiger partial charge is 0.309 e. The van der Waals surface area contributed by atoms with Crippen LogP contribution in [0.25, 0.3) is 0 Å². The van der Waals surface area contributed by atoms with Crippen molar-refractivity contribution >= 4 is 11.8 Å². The number of likely N-dealkylation sites (tertiary alicyclic amines) is 1. The first kappa shape index (κ1) is 18.4. The number of nitrogens with zero attached hydrogens (tertiary/aromatic N) is 1. The van der Waals surface area contributed by atoms with E-state index in [0.29, 0.717) is 6.42 Å². The van der Waals surface area contributed by atoms with Crippen molar-refractivity contribution in [1.82, 2.24) is 15.5 Å². The van der Waals surface area contributed by atoms with Gasteiger partial charge < -0.3 is 15.7 Å². The fourth-order valence-corrected chi connectivity index (χ4v) is 2.86. The van der Waals surface area contributed by atoms with E-state index in [4.69, 9.17) is 5.11 Å². The van der Waals surface area contributed by atoms with Crippen LogP contribution in [-0.2, 0) is 16.1 Å². The lowest BCUT2D eigenvalue weighted by atomic mass is 10.0. The number of amides is 2. The largest absolute Gasteiger partial charge is 0.394 e. The number of aliphatic hydroxyl groups excluding tert-OH is 1. The molecule has 2 amide bonds. The van der Waals surface area contributed by atoms with Gasteiger partial charge in [0.15, 0.2) is 0 Å². The summed E-state index contributed by atoms with van der Waals surface area (Å²) in [5.41, 5.74) is 1.29. The number of aliphatic hydroxyl groups is 1. The maximum absolute atomic E-state index is 11.9. The summed E-state index contributed by atoms with van der Waals surface area (Å²) in [5.74, 6) is -1.27. The van der Waals surface area contributed by atoms with Gasteiger partial charge in [-0.05, 0) is 24.8 Å². The molecule has 0 aliphatic carbocycles. The molecule has 6 heteroatoms. The Bertz CT molecular complexity index is 524. The number of carbonyl (C=O) groups excluding carboxylic acids is 2. The van der Waals surface area contributed by atoms with Gasteiger partial charge >= 0.3 is 11.8 Å². The molecule has 1 unspecified atom stereocenters. The third-order valence-electron chi connectivity index (χ3n) is 4.43. The zero-order chi connectivity index (χ0) is 17.4. The van der Waals surface area contributed by atoms with Gasteiger partial charge in [-0.25, -0.2) is 0 Å². The average Bonchev–Trinajstić information content (AvgIpc) is 2.62. The van der Waals surface area contributed by atoms with Gasteiger partial charge in [-0.2, -0.15) is 0 Å². The fraction of sp³-hybridized carbons (Fsp3) is 0.556. The van der Waals surface area contributed by atoms with Crippen molar-refractivity contribution in [2.24, 2.45) is 0 Å². The quantitative estimate of drug-likeness (QED) is 0.668. The zero-order valence-electron chi connectivity index (χ0n) is 14.2. The maximum Gasteiger partial charge on any atom is 0.309 e. The highest BCUT2D eigenvalue weighted by Crippen LogP contribution is 2.13. The SMILES string of the molecule is CCC(CO)NC(=O)C(=O)NC1CCN(Cc2ccccc2)CC1. The fourth-order valence-electron chi connectivity index (χ4n) is 2.86. The lowest BCUT2D eigenvalue weighted by Gasteiger charge is -2.32. The molecule has 0 spiro atoms. The predicted octanol–water partition coefficient (Wildman–Crippen LogP) is 0.654. The van der Waals surface area contributed by atoms with Gasteiger partial charge in [-0.15, -0.1) is 0 Å². The molecule has 6 nitrogen and oxygen atoms in total. The molecule has 1 aliphatic rings. The lowest BCUT2D eigenvalue weighted by molar-refractivity contribution is -0.140. The Labute approximate surface area is 143 Å². The maximum atomic E-state index is 11.9. The minimum atomic E-state index is -0.664. The van der Waals surface area contributed by atoms with Crippen LogP contribution in [0.3, 0.4) is 0 Å². The summed E-state index contributed by atoms with van der Waals surface area (Å²) >= 11 is 0. The zero-order valence-corrected chi connectivity index (χ0v) is 14.2. The monoisotopic (exact) mass is 333 g/mol. The summed E-state index contributed by atoms with van der Waals surface area (Å²) in [6, 6.07) is 9.98. The second-order valence-corrected chi connectivity index (χ2v) is 6.27. The number of hydrogen-bond donors (Lipinski definition) is 3. The molecule has 1 fully saturated rings. The molecule has 1 saturated heterocycles. The topological polar surface area (TPSA) is 81.7 Å². The van der Waals surface area contributed by atoms with Crippen LogP contribution in [0, 0.1) is 0 Å². The molecule has 0 aromatic heterocycles. The van der Waals surface area contributed by atoms with Crippen LogP contribution in [-0.4, -0.2) is 53.6 Å². The minimum Gasteiger partial charge on any atom is -0.394 e. The second kappa shape index (κ2) is 9.39. The van der Waals surface area contributed by atoms with E-state index in [9.17, 15) is 9.59 Å². The van der Waals surface area contributed by atoms with Crippen LogP contribution in [0.15, 0.2) is 30.3 Å². The number of piperidine rings is 1. The Morgan fingerprint density at radius 3 is 2.46 bits per heavy atom. The van der Waals surface area contributed by atoms with E-state index in [1.54, 1.807) is 0 Å². The van der Waals surface area contributed by atoms with E-state index in [-0.39, 0.29) is 18.7 Å². The Hall–Kier alpha value is -1.92. The summed E-state index contributed by atoms with van der Waals surface area (Å²) in [7, 11) is 0. The van der Waals surface area contributed by atoms with E-state index in [1.807, 2.05) is 25.1 Å². The van der Waals surface area contributed by atoms with Gasteiger partial charge in [0, 0.05) is 25.7 Å². The predicted molar refractivity (Wildman–Crippen MR) is 92.2 cm³/mol. The van der Waals surface area contributed by atoms with Crippen LogP contribution >= 0.6 is 0 Å². The molecule has 2 rings (SSSR count). The van der Waals surface area contributed by atoms with Gasteiger partial charge in [0.1, 0.15) is 0 Å². The van der Waals surface area contributed by atoms with E-state index in [2.05, 4.69) is 27.7 Å². The first-order valence-corrected chi connectivity index (χ1v) is 8.60. The molecular weight excluding hydrogens is 306 g/mol. The number of rotatable bonds is 6. The summed E-state index contributed by atoms with van der Waals surface area (Å²) in [6.07, 6.45) is 2.26. The van der Waals surface area contributed by atoms with Crippen molar-refractivity contribution in [3.8, 4) is 0 Å². The normalized spacial score (nSPS) is 17.2. The molecule has 1 aromatic carbocycles. The number of hydrogen-bond acceptors (Lipinski definition) is 4. The number of benzene rings is 1. The molecule has 132 valence electrons. The van der Waals surface area contributed by atoms with Crippen molar-refractivity contribution < 1.29 is 14.7 Å². The van der Waals surface area contributed by atoms with Crippen molar-refractivity contribution in [3.63, 3.8) is 0 Å². The average molecular weight is 333 g/mol. The van der Waals surface area contributed by atoms with Gasteiger partial charge in [0.05, 0.1) is 12.6 Å². The molecule has 0 radical (unpaired) electrons. The highest BCUT2D eigenvalue weighted by molar-refractivity contribution is 6.35. The molecule has 0 bridgehead atoms. The van der Waals surface area contributed by atoms with Crippen molar-refractivity contribution in [3.05, 3.63) is 35.9 Å². The Kier molecular flexibility index (Phi) is 7.21. The van der Waals surface area contributed by atoms with Gasteiger partial charge in [-0.3, -0.25) is 14.5 Å². The first-order chi connectivity index (χ1) is 11.6. The third kappa shape index (κ3) is 5.62. The first-order valence-electron chi connectivity index (χ1n) is 8.60. The van der Waals surface area contributed by atoms with Crippen LogP contribution in [0.5, 0.6) is 0 Å². The molecule has 1 atom stereocenters. The second-order valence-electron chi connectivity index (χ2n) is 6.27. The summed E-state index contributed by atoms with van der Waals surface area (Å²) in [5, 5.41) is 14.4. The molecular formula is C18H27N3O3. The Morgan fingerprint density at radius 1 is 1.21 bits per heavy atom. The Balaban J connectivity index is 1.72. The van der Waals surface area contributed by atoms with Crippen molar-refractivity contribution in [2.45, 2.75) is 44.8 Å². The van der Waals surface area contributed by atoms with E-state index >= 15 is 0 Å². The van der Waals surface area contributed by atoms with Gasteiger partial charge in [-0.1, -0.05) is 37.3 Å².